The fraction of sp³-hybridized carbons (Fsp3) is 0. The summed E-state index contributed by atoms with van der Waals surface area (Å²) in [4.78, 5) is 0. The first-order valence-corrected chi connectivity index (χ1v) is 14.4. The minimum absolute atomic E-state index is 0.922. The van der Waals surface area contributed by atoms with Crippen molar-refractivity contribution in [3.05, 3.63) is 140 Å². The molecule has 0 fully saturated rings. The van der Waals surface area contributed by atoms with Crippen LogP contribution in [0.3, 0.4) is 0 Å². The van der Waals surface area contributed by atoms with Gasteiger partial charge in [-0.2, -0.15) is 0 Å². The minimum Gasteiger partial charge on any atom is -0.456 e. The van der Waals surface area contributed by atoms with Gasteiger partial charge in [0.1, 0.15) is 11.2 Å². The number of aromatic nitrogens is 1. The van der Waals surface area contributed by atoms with Crippen molar-refractivity contribution >= 4 is 54.5 Å². The molecule has 0 radical (unpaired) electrons. The molecule has 2 aromatic heterocycles. The predicted octanol–water partition coefficient (Wildman–Crippen LogP) is 11.2. The second kappa shape index (κ2) is 7.99. The topological polar surface area (TPSA) is 18.1 Å². The lowest BCUT2D eigenvalue weighted by atomic mass is 9.93. The van der Waals surface area contributed by atoms with E-state index in [1.165, 1.54) is 71.6 Å². The molecule has 2 nitrogen and oxygen atoms in total. The summed E-state index contributed by atoms with van der Waals surface area (Å²) in [6, 6.07) is 50.6. The van der Waals surface area contributed by atoms with Gasteiger partial charge in [-0.25, -0.2) is 0 Å². The summed E-state index contributed by atoms with van der Waals surface area (Å²) in [5.41, 5.74) is 13.1. The van der Waals surface area contributed by atoms with Crippen LogP contribution < -0.4 is 0 Å². The number of hydrogen-bond acceptors (Lipinski definition) is 1. The van der Waals surface area contributed by atoms with Gasteiger partial charge >= 0.3 is 0 Å². The number of nitrogens with zero attached hydrogens (tertiary/aromatic N) is 1. The number of fused-ring (bicyclic) bond motifs is 9. The van der Waals surface area contributed by atoms with Crippen LogP contribution in [0.4, 0.5) is 0 Å². The molecule has 0 bridgehead atoms. The van der Waals surface area contributed by atoms with Crippen LogP contribution in [-0.2, 0) is 0 Å². The van der Waals surface area contributed by atoms with Gasteiger partial charge in [-0.1, -0.05) is 109 Å². The standard InChI is InChI=1S/C40H23NO/c1-2-11-25-24(10-1)30-15-9-16-31-26(20-21-32(25)40(30)31)27-12-3-6-17-35(27)41-36-18-7-4-13-28(36)33-23-39-34(22-37(33)41)29-14-5-8-19-38(29)42-39/h1-23H. The van der Waals surface area contributed by atoms with E-state index in [1.54, 1.807) is 0 Å². The average molecular weight is 534 g/mol. The molecule has 0 unspecified atom stereocenters. The first-order chi connectivity index (χ1) is 20.8. The van der Waals surface area contributed by atoms with Gasteiger partial charge < -0.3 is 8.98 Å². The van der Waals surface area contributed by atoms with Gasteiger partial charge in [0.05, 0.1) is 16.7 Å². The van der Waals surface area contributed by atoms with Gasteiger partial charge in [0.2, 0.25) is 0 Å². The molecule has 0 atom stereocenters. The van der Waals surface area contributed by atoms with Crippen molar-refractivity contribution in [2.45, 2.75) is 0 Å². The van der Waals surface area contributed by atoms with E-state index in [2.05, 4.69) is 138 Å². The Morgan fingerprint density at radius 2 is 1.00 bits per heavy atom. The van der Waals surface area contributed by atoms with E-state index in [4.69, 9.17) is 4.42 Å². The molecule has 9 aromatic rings. The minimum atomic E-state index is 0.922. The fourth-order valence-corrected chi connectivity index (χ4v) is 7.39. The van der Waals surface area contributed by atoms with Crippen LogP contribution in [0.15, 0.2) is 144 Å². The van der Waals surface area contributed by atoms with Gasteiger partial charge in [-0.15, -0.1) is 0 Å². The number of hydrogen-bond donors (Lipinski definition) is 0. The molecule has 1 aliphatic rings. The fourth-order valence-electron chi connectivity index (χ4n) is 7.39. The third kappa shape index (κ3) is 2.78. The van der Waals surface area contributed by atoms with Crippen LogP contribution in [0, 0.1) is 0 Å². The Kier molecular flexibility index (Phi) is 4.21. The molecular formula is C40H23NO. The van der Waals surface area contributed by atoms with Crippen LogP contribution in [0.25, 0.3) is 93.6 Å². The van der Waals surface area contributed by atoms with E-state index < -0.39 is 0 Å². The van der Waals surface area contributed by atoms with Crippen molar-refractivity contribution in [3.8, 4) is 39.1 Å². The summed E-state index contributed by atoms with van der Waals surface area (Å²) in [5.74, 6) is 0. The van der Waals surface area contributed by atoms with Crippen LogP contribution in [-0.4, -0.2) is 4.57 Å². The lowest BCUT2D eigenvalue weighted by Gasteiger charge is -2.16. The Balaban J connectivity index is 1.31. The quantitative estimate of drug-likeness (QED) is 0.216. The van der Waals surface area contributed by atoms with Crippen LogP contribution >= 0.6 is 0 Å². The third-order valence-corrected chi connectivity index (χ3v) is 9.15. The molecule has 42 heavy (non-hydrogen) atoms. The maximum Gasteiger partial charge on any atom is 0.136 e. The Labute approximate surface area is 241 Å². The SMILES string of the molecule is c1ccc2c(c1)-c1cccc3c(-c4ccccc4-n4c5ccccc5c5cc6oc7ccccc7c6cc54)ccc-2c13. The van der Waals surface area contributed by atoms with Gasteiger partial charge in [0, 0.05) is 27.1 Å². The largest absolute Gasteiger partial charge is 0.456 e. The first kappa shape index (κ1) is 22.1. The lowest BCUT2D eigenvalue weighted by molar-refractivity contribution is 0.669. The van der Waals surface area contributed by atoms with Gasteiger partial charge in [-0.05, 0) is 68.9 Å². The second-order valence-corrected chi connectivity index (χ2v) is 11.3. The second-order valence-electron chi connectivity index (χ2n) is 11.3. The molecule has 2 heteroatoms. The molecule has 0 amide bonds. The number of benzene rings is 7. The van der Waals surface area contributed by atoms with Crippen molar-refractivity contribution in [3.63, 3.8) is 0 Å². The summed E-state index contributed by atoms with van der Waals surface area (Å²) >= 11 is 0. The van der Waals surface area contributed by atoms with Gasteiger partial charge in [0.15, 0.2) is 0 Å². The van der Waals surface area contributed by atoms with Gasteiger partial charge in [-0.3, -0.25) is 0 Å². The Morgan fingerprint density at radius 3 is 1.88 bits per heavy atom. The highest BCUT2D eigenvalue weighted by Crippen LogP contribution is 2.50. The zero-order valence-electron chi connectivity index (χ0n) is 22.6. The van der Waals surface area contributed by atoms with Gasteiger partial charge in [0.25, 0.3) is 0 Å². The van der Waals surface area contributed by atoms with E-state index in [9.17, 15) is 0 Å². The molecule has 0 saturated heterocycles. The van der Waals surface area contributed by atoms with Crippen molar-refractivity contribution in [2.75, 3.05) is 0 Å². The monoisotopic (exact) mass is 533 g/mol. The highest BCUT2D eigenvalue weighted by molar-refractivity contribution is 6.20. The highest BCUT2D eigenvalue weighted by Gasteiger charge is 2.24. The zero-order chi connectivity index (χ0) is 27.4. The zero-order valence-corrected chi connectivity index (χ0v) is 22.6. The van der Waals surface area contributed by atoms with Crippen molar-refractivity contribution in [1.82, 2.24) is 4.57 Å². The molecule has 0 saturated carbocycles. The Bertz CT molecular complexity index is 2550. The third-order valence-electron chi connectivity index (χ3n) is 9.15. The maximum absolute atomic E-state index is 6.31. The number of furan rings is 1. The molecule has 0 N–H and O–H groups in total. The first-order valence-electron chi connectivity index (χ1n) is 14.4. The summed E-state index contributed by atoms with van der Waals surface area (Å²) in [6.45, 7) is 0. The van der Waals surface area contributed by atoms with E-state index >= 15 is 0 Å². The van der Waals surface area contributed by atoms with Crippen molar-refractivity contribution < 1.29 is 4.42 Å². The number of rotatable bonds is 2. The average Bonchev–Trinajstić information content (AvgIpc) is 3.69. The van der Waals surface area contributed by atoms with E-state index in [0.29, 0.717) is 0 Å². The van der Waals surface area contributed by atoms with Crippen LogP contribution in [0.1, 0.15) is 0 Å². The summed E-state index contributed by atoms with van der Waals surface area (Å²) < 4.78 is 8.76. The van der Waals surface area contributed by atoms with E-state index in [-0.39, 0.29) is 0 Å². The molecule has 7 aromatic carbocycles. The Morgan fingerprint density at radius 1 is 0.357 bits per heavy atom. The molecule has 0 aliphatic heterocycles. The molecule has 2 heterocycles. The summed E-state index contributed by atoms with van der Waals surface area (Å²) in [6.07, 6.45) is 0. The van der Waals surface area contributed by atoms with Crippen molar-refractivity contribution in [1.29, 1.82) is 0 Å². The van der Waals surface area contributed by atoms with E-state index in [1.807, 2.05) is 6.07 Å². The molecule has 1 aliphatic carbocycles. The summed E-state index contributed by atoms with van der Waals surface area (Å²) in [5, 5.41) is 7.34. The maximum atomic E-state index is 6.31. The normalized spacial score (nSPS) is 12.3. The van der Waals surface area contributed by atoms with Crippen LogP contribution in [0.5, 0.6) is 0 Å². The van der Waals surface area contributed by atoms with Crippen molar-refractivity contribution in [2.24, 2.45) is 0 Å². The molecule has 0 spiro atoms. The summed E-state index contributed by atoms with van der Waals surface area (Å²) in [7, 11) is 0. The smallest absolute Gasteiger partial charge is 0.136 e. The van der Waals surface area contributed by atoms with Crippen LogP contribution in [0.2, 0.25) is 0 Å². The Hall–Kier alpha value is -5.60. The predicted molar refractivity (Wildman–Crippen MR) is 175 cm³/mol. The lowest BCUT2D eigenvalue weighted by Crippen LogP contribution is -1.97. The molecule has 194 valence electrons. The molecular weight excluding hydrogens is 510 g/mol. The van der Waals surface area contributed by atoms with E-state index in [0.717, 1.165) is 21.9 Å². The molecule has 10 rings (SSSR count). The highest BCUT2D eigenvalue weighted by atomic mass is 16.3. The number of para-hydroxylation sites is 3.